The van der Waals surface area contributed by atoms with Gasteiger partial charge in [-0.15, -0.1) is 0 Å². The Morgan fingerprint density at radius 3 is 2.50 bits per heavy atom. The smallest absolute Gasteiger partial charge is 0.221 e. The van der Waals surface area contributed by atoms with E-state index in [-0.39, 0.29) is 5.91 Å². The Kier molecular flexibility index (Phi) is 3.92. The quantitative estimate of drug-likeness (QED) is 0.777. The fourth-order valence-corrected chi connectivity index (χ4v) is 1.13. The number of nitrogens with one attached hydrogen (secondary N) is 1. The van der Waals surface area contributed by atoms with E-state index >= 15 is 0 Å². The van der Waals surface area contributed by atoms with Crippen molar-refractivity contribution in [2.45, 2.75) is 20.3 Å². The molecule has 0 saturated carbocycles. The second-order valence-corrected chi connectivity index (χ2v) is 3.11. The molecule has 0 aromatic heterocycles. The topological polar surface area (TPSA) is 29.1 Å². The van der Waals surface area contributed by atoms with Gasteiger partial charge < -0.3 is 5.32 Å². The lowest BCUT2D eigenvalue weighted by Gasteiger charge is -2.01. The summed E-state index contributed by atoms with van der Waals surface area (Å²) in [5.41, 5.74) is 1.99. The molecular weight excluding hydrogens is 174 g/mol. The molecule has 2 heteroatoms. The van der Waals surface area contributed by atoms with E-state index < -0.39 is 0 Å². The highest BCUT2D eigenvalue weighted by atomic mass is 16.1. The number of anilines is 1. The molecule has 74 valence electrons. The van der Waals surface area contributed by atoms with Crippen LogP contribution in [0.25, 0.3) is 6.08 Å². The fraction of sp³-hybridized carbons (Fsp3) is 0.250. The Bertz CT molecular complexity index is 325. The van der Waals surface area contributed by atoms with Crippen molar-refractivity contribution in [3.63, 3.8) is 0 Å². The van der Waals surface area contributed by atoms with Crippen molar-refractivity contribution in [3.05, 3.63) is 35.9 Å². The number of benzene rings is 1. The molecule has 0 bridgehead atoms. The van der Waals surface area contributed by atoms with Crippen molar-refractivity contribution in [2.24, 2.45) is 0 Å². The molecule has 2 nitrogen and oxygen atoms in total. The lowest BCUT2D eigenvalue weighted by atomic mass is 10.2. The number of allylic oxidation sites excluding steroid dienone is 1. The molecule has 0 atom stereocenters. The predicted molar refractivity (Wildman–Crippen MR) is 60.1 cm³/mol. The summed E-state index contributed by atoms with van der Waals surface area (Å²) < 4.78 is 0. The highest BCUT2D eigenvalue weighted by Crippen LogP contribution is 2.10. The second-order valence-electron chi connectivity index (χ2n) is 3.11. The third-order valence-corrected chi connectivity index (χ3v) is 1.78. The van der Waals surface area contributed by atoms with Crippen LogP contribution in [-0.4, -0.2) is 5.91 Å². The van der Waals surface area contributed by atoms with Gasteiger partial charge in [-0.1, -0.05) is 31.2 Å². The lowest BCUT2D eigenvalue weighted by Crippen LogP contribution is -2.05. The summed E-state index contributed by atoms with van der Waals surface area (Å²) in [6.45, 7) is 3.60. The summed E-state index contributed by atoms with van der Waals surface area (Å²) in [5.74, 6) is -0.0400. The number of amides is 1. The third kappa shape index (κ3) is 3.44. The number of hydrogen-bond donors (Lipinski definition) is 1. The minimum absolute atomic E-state index is 0.0400. The SMILES string of the molecule is CC/C=C/c1ccc(NC(C)=O)cc1. The van der Waals surface area contributed by atoms with Crippen LogP contribution < -0.4 is 5.32 Å². The van der Waals surface area contributed by atoms with Gasteiger partial charge in [0.15, 0.2) is 0 Å². The van der Waals surface area contributed by atoms with Crippen LogP contribution in [0.15, 0.2) is 30.3 Å². The van der Waals surface area contributed by atoms with Gasteiger partial charge in [0.05, 0.1) is 0 Å². The summed E-state index contributed by atoms with van der Waals surface area (Å²) in [4.78, 5) is 10.7. The molecule has 0 spiro atoms. The summed E-state index contributed by atoms with van der Waals surface area (Å²) in [7, 11) is 0. The first-order valence-electron chi connectivity index (χ1n) is 4.76. The van der Waals surface area contributed by atoms with Crippen LogP contribution in [-0.2, 0) is 4.79 Å². The maximum Gasteiger partial charge on any atom is 0.221 e. The van der Waals surface area contributed by atoms with E-state index in [1.165, 1.54) is 6.92 Å². The molecule has 1 rings (SSSR count). The number of hydrogen-bond acceptors (Lipinski definition) is 1. The summed E-state index contributed by atoms with van der Waals surface area (Å²) >= 11 is 0. The Hall–Kier alpha value is -1.57. The van der Waals surface area contributed by atoms with Gasteiger partial charge in [0.2, 0.25) is 5.91 Å². The van der Waals surface area contributed by atoms with Crippen molar-refractivity contribution < 1.29 is 4.79 Å². The zero-order chi connectivity index (χ0) is 10.4. The minimum Gasteiger partial charge on any atom is -0.326 e. The monoisotopic (exact) mass is 189 g/mol. The van der Waals surface area contributed by atoms with E-state index in [0.29, 0.717) is 0 Å². The molecule has 1 N–H and O–H groups in total. The molecule has 0 aliphatic rings. The van der Waals surface area contributed by atoms with E-state index in [1.807, 2.05) is 24.3 Å². The van der Waals surface area contributed by atoms with Crippen LogP contribution >= 0.6 is 0 Å². The van der Waals surface area contributed by atoms with Crippen molar-refractivity contribution >= 4 is 17.7 Å². The zero-order valence-corrected chi connectivity index (χ0v) is 8.58. The van der Waals surface area contributed by atoms with Crippen LogP contribution in [0.4, 0.5) is 5.69 Å². The molecule has 14 heavy (non-hydrogen) atoms. The summed E-state index contributed by atoms with van der Waals surface area (Å²) in [6.07, 6.45) is 5.21. The van der Waals surface area contributed by atoms with Crippen molar-refractivity contribution in [1.82, 2.24) is 0 Å². The molecule has 1 amide bonds. The first kappa shape index (κ1) is 10.5. The molecule has 0 aliphatic carbocycles. The van der Waals surface area contributed by atoms with Crippen molar-refractivity contribution in [1.29, 1.82) is 0 Å². The first-order valence-corrected chi connectivity index (χ1v) is 4.76. The molecule has 0 unspecified atom stereocenters. The van der Waals surface area contributed by atoms with Gasteiger partial charge in [-0.25, -0.2) is 0 Å². The molecule has 1 aromatic carbocycles. The Morgan fingerprint density at radius 1 is 1.36 bits per heavy atom. The van der Waals surface area contributed by atoms with Gasteiger partial charge in [0.1, 0.15) is 0 Å². The van der Waals surface area contributed by atoms with Crippen LogP contribution in [0.3, 0.4) is 0 Å². The lowest BCUT2D eigenvalue weighted by molar-refractivity contribution is -0.114. The summed E-state index contributed by atoms with van der Waals surface area (Å²) in [5, 5.41) is 2.73. The van der Waals surface area contributed by atoms with Crippen LogP contribution in [0, 0.1) is 0 Å². The maximum atomic E-state index is 10.7. The third-order valence-electron chi connectivity index (χ3n) is 1.78. The molecule has 1 aromatic rings. The highest BCUT2D eigenvalue weighted by Gasteiger charge is 1.93. The van der Waals surface area contributed by atoms with Gasteiger partial charge in [-0.2, -0.15) is 0 Å². The van der Waals surface area contributed by atoms with Crippen LogP contribution in [0.2, 0.25) is 0 Å². The molecule has 0 fully saturated rings. The first-order chi connectivity index (χ1) is 6.72. The van der Waals surface area contributed by atoms with Crippen LogP contribution in [0.5, 0.6) is 0 Å². The van der Waals surface area contributed by atoms with Gasteiger partial charge >= 0.3 is 0 Å². The molecule has 0 heterocycles. The normalized spacial score (nSPS) is 10.4. The Morgan fingerprint density at radius 2 is 2.00 bits per heavy atom. The second kappa shape index (κ2) is 5.22. The summed E-state index contributed by atoms with van der Waals surface area (Å²) in [6, 6.07) is 7.77. The van der Waals surface area contributed by atoms with E-state index in [2.05, 4.69) is 24.4 Å². The fourth-order valence-electron chi connectivity index (χ4n) is 1.13. The highest BCUT2D eigenvalue weighted by molar-refractivity contribution is 5.88. The maximum absolute atomic E-state index is 10.7. The average molecular weight is 189 g/mol. The largest absolute Gasteiger partial charge is 0.326 e. The average Bonchev–Trinajstić information content (AvgIpc) is 2.16. The zero-order valence-electron chi connectivity index (χ0n) is 8.58. The van der Waals surface area contributed by atoms with Crippen molar-refractivity contribution in [2.75, 3.05) is 5.32 Å². The molecular formula is C12H15NO. The number of rotatable bonds is 3. The van der Waals surface area contributed by atoms with Gasteiger partial charge in [-0.05, 0) is 24.1 Å². The number of carbonyl (C=O) groups is 1. The molecule has 0 saturated heterocycles. The van der Waals surface area contributed by atoms with Gasteiger partial charge in [-0.3, -0.25) is 4.79 Å². The Balaban J connectivity index is 2.68. The standard InChI is InChI=1S/C12H15NO/c1-3-4-5-11-6-8-12(9-7-11)13-10(2)14/h4-9H,3H2,1-2H3,(H,13,14)/b5-4+. The van der Waals surface area contributed by atoms with Gasteiger partial charge in [0.25, 0.3) is 0 Å². The van der Waals surface area contributed by atoms with E-state index in [4.69, 9.17) is 0 Å². The van der Waals surface area contributed by atoms with Crippen molar-refractivity contribution in [3.8, 4) is 0 Å². The Labute approximate surface area is 84.6 Å². The van der Waals surface area contributed by atoms with Gasteiger partial charge in [0, 0.05) is 12.6 Å². The van der Waals surface area contributed by atoms with Crippen LogP contribution in [0.1, 0.15) is 25.8 Å². The predicted octanol–water partition coefficient (Wildman–Crippen LogP) is 3.07. The minimum atomic E-state index is -0.0400. The van der Waals surface area contributed by atoms with E-state index in [0.717, 1.165) is 17.7 Å². The molecule has 0 radical (unpaired) electrons. The van der Waals surface area contributed by atoms with E-state index in [1.54, 1.807) is 0 Å². The number of carbonyl (C=O) groups excluding carboxylic acids is 1. The molecule has 0 aliphatic heterocycles. The van der Waals surface area contributed by atoms with E-state index in [9.17, 15) is 4.79 Å².